The van der Waals surface area contributed by atoms with Crippen LogP contribution in [0.15, 0.2) is 83.8 Å². The van der Waals surface area contributed by atoms with Gasteiger partial charge in [0, 0.05) is 11.4 Å². The second-order valence-electron chi connectivity index (χ2n) is 6.65. The molecule has 3 aromatic carbocycles. The summed E-state index contributed by atoms with van der Waals surface area (Å²) in [6, 6.07) is 22.4. The van der Waals surface area contributed by atoms with Crippen LogP contribution in [0.3, 0.4) is 0 Å². The molecule has 3 aromatic rings. The zero-order chi connectivity index (χ0) is 22.3. The third kappa shape index (κ3) is 6.15. The van der Waals surface area contributed by atoms with Gasteiger partial charge in [-0.25, -0.2) is 17.9 Å². The largest absolute Gasteiger partial charge is 0.462 e. The number of ether oxygens (including phenoxy) is 1. The number of nitrogens with one attached hydrogen (secondary N) is 1. The molecule has 0 fully saturated rings. The summed E-state index contributed by atoms with van der Waals surface area (Å²) in [7, 11) is -3.81. The van der Waals surface area contributed by atoms with E-state index in [2.05, 4.69) is 4.72 Å². The van der Waals surface area contributed by atoms with Crippen LogP contribution in [0.5, 0.6) is 0 Å². The molecule has 1 N–H and O–H groups in total. The third-order valence-electron chi connectivity index (χ3n) is 4.51. The van der Waals surface area contributed by atoms with E-state index < -0.39 is 22.0 Å². The second-order valence-corrected chi connectivity index (χ2v) is 8.80. The Kier molecular flexibility index (Phi) is 7.42. The summed E-state index contributed by atoms with van der Waals surface area (Å²) in [5.74, 6) is -0.545. The van der Waals surface area contributed by atoms with Gasteiger partial charge in [0.05, 0.1) is 34.7 Å². The van der Waals surface area contributed by atoms with Crippen molar-refractivity contribution in [1.29, 1.82) is 5.26 Å². The SMILES string of the molecule is N#Cc1ccc(C(=O)OCCC(NS(=O)(=O)c2ccc(Cl)cc2)c2ccccc2)cc1. The van der Waals surface area contributed by atoms with Crippen LogP contribution in [0.25, 0.3) is 0 Å². The van der Waals surface area contributed by atoms with Gasteiger partial charge in [-0.3, -0.25) is 0 Å². The number of carbonyl (C=O) groups is 1. The molecule has 8 heteroatoms. The van der Waals surface area contributed by atoms with Crippen molar-refractivity contribution < 1.29 is 17.9 Å². The number of nitrogens with zero attached hydrogens (tertiary/aromatic N) is 1. The molecule has 31 heavy (non-hydrogen) atoms. The number of sulfonamides is 1. The lowest BCUT2D eigenvalue weighted by Crippen LogP contribution is -2.29. The maximum atomic E-state index is 12.8. The molecule has 0 aliphatic heterocycles. The van der Waals surface area contributed by atoms with Gasteiger partial charge in [-0.2, -0.15) is 5.26 Å². The van der Waals surface area contributed by atoms with Crippen LogP contribution in [-0.4, -0.2) is 21.0 Å². The first-order valence-electron chi connectivity index (χ1n) is 9.39. The number of hydrogen-bond acceptors (Lipinski definition) is 5. The number of halogens is 1. The molecule has 0 amide bonds. The summed E-state index contributed by atoms with van der Waals surface area (Å²) < 4.78 is 33.6. The van der Waals surface area contributed by atoms with Crippen molar-refractivity contribution in [3.8, 4) is 6.07 Å². The maximum Gasteiger partial charge on any atom is 0.338 e. The fourth-order valence-electron chi connectivity index (χ4n) is 2.88. The van der Waals surface area contributed by atoms with Crippen LogP contribution in [0, 0.1) is 11.3 Å². The Labute approximate surface area is 186 Å². The Morgan fingerprint density at radius 2 is 1.65 bits per heavy atom. The van der Waals surface area contributed by atoms with Gasteiger partial charge in [0.2, 0.25) is 10.0 Å². The average molecular weight is 455 g/mol. The highest BCUT2D eigenvalue weighted by molar-refractivity contribution is 7.89. The van der Waals surface area contributed by atoms with Crippen LogP contribution in [0.1, 0.15) is 33.9 Å². The van der Waals surface area contributed by atoms with E-state index in [1.807, 2.05) is 24.3 Å². The molecule has 0 aliphatic rings. The smallest absolute Gasteiger partial charge is 0.338 e. The molecule has 1 unspecified atom stereocenters. The molecule has 6 nitrogen and oxygen atoms in total. The molecule has 3 rings (SSSR count). The number of nitriles is 1. The molecular formula is C23H19ClN2O4S. The molecular weight excluding hydrogens is 436 g/mol. The molecule has 0 radical (unpaired) electrons. The molecule has 0 spiro atoms. The second kappa shape index (κ2) is 10.2. The summed E-state index contributed by atoms with van der Waals surface area (Å²) in [4.78, 5) is 12.3. The van der Waals surface area contributed by atoms with E-state index in [4.69, 9.17) is 21.6 Å². The van der Waals surface area contributed by atoms with Crippen molar-refractivity contribution in [2.45, 2.75) is 17.4 Å². The lowest BCUT2D eigenvalue weighted by Gasteiger charge is -2.19. The minimum Gasteiger partial charge on any atom is -0.462 e. The van der Waals surface area contributed by atoms with Crippen molar-refractivity contribution in [2.75, 3.05) is 6.61 Å². The van der Waals surface area contributed by atoms with Gasteiger partial charge < -0.3 is 4.74 Å². The fourth-order valence-corrected chi connectivity index (χ4v) is 4.27. The van der Waals surface area contributed by atoms with Gasteiger partial charge in [-0.05, 0) is 54.1 Å². The first-order chi connectivity index (χ1) is 14.9. The van der Waals surface area contributed by atoms with Gasteiger partial charge in [0.15, 0.2) is 0 Å². The van der Waals surface area contributed by atoms with Crippen LogP contribution in [0.2, 0.25) is 5.02 Å². The van der Waals surface area contributed by atoms with Crippen molar-refractivity contribution in [1.82, 2.24) is 4.72 Å². The van der Waals surface area contributed by atoms with Gasteiger partial charge in [-0.15, -0.1) is 0 Å². The average Bonchev–Trinajstić information content (AvgIpc) is 2.79. The maximum absolute atomic E-state index is 12.8. The van der Waals surface area contributed by atoms with Crippen molar-refractivity contribution in [3.63, 3.8) is 0 Å². The topological polar surface area (TPSA) is 96.3 Å². The quantitative estimate of drug-likeness (QED) is 0.506. The number of esters is 1. The molecule has 0 heterocycles. The highest BCUT2D eigenvalue weighted by atomic mass is 35.5. The van der Waals surface area contributed by atoms with E-state index in [0.29, 0.717) is 16.1 Å². The van der Waals surface area contributed by atoms with E-state index in [1.165, 1.54) is 48.5 Å². The van der Waals surface area contributed by atoms with E-state index in [0.717, 1.165) is 5.56 Å². The zero-order valence-corrected chi connectivity index (χ0v) is 17.9. The number of carbonyl (C=O) groups excluding carboxylic acids is 1. The van der Waals surface area contributed by atoms with Crippen molar-refractivity contribution in [2.24, 2.45) is 0 Å². The standard InChI is InChI=1S/C23H19ClN2O4S/c24-20-10-12-21(13-11-20)31(28,29)26-22(18-4-2-1-3-5-18)14-15-30-23(27)19-8-6-17(16-25)7-9-19/h1-13,22,26H,14-15H2. The first-order valence-corrected chi connectivity index (χ1v) is 11.3. The van der Waals surface area contributed by atoms with Crippen LogP contribution in [0.4, 0.5) is 0 Å². The van der Waals surface area contributed by atoms with E-state index in [-0.39, 0.29) is 17.9 Å². The molecule has 0 aliphatic carbocycles. The minimum absolute atomic E-state index is 0.00152. The predicted molar refractivity (Wildman–Crippen MR) is 117 cm³/mol. The molecule has 1 atom stereocenters. The molecule has 0 aromatic heterocycles. The Hall–Kier alpha value is -3.18. The predicted octanol–water partition coefficient (Wildman–Crippen LogP) is 4.48. The van der Waals surface area contributed by atoms with E-state index in [1.54, 1.807) is 12.1 Å². The molecule has 0 saturated carbocycles. The van der Waals surface area contributed by atoms with Crippen molar-refractivity contribution >= 4 is 27.6 Å². The van der Waals surface area contributed by atoms with Gasteiger partial charge in [0.25, 0.3) is 0 Å². The number of hydrogen-bond donors (Lipinski definition) is 1. The summed E-state index contributed by atoms with van der Waals surface area (Å²) in [5, 5.41) is 9.28. The number of benzene rings is 3. The highest BCUT2D eigenvalue weighted by Gasteiger charge is 2.22. The van der Waals surface area contributed by atoms with E-state index in [9.17, 15) is 13.2 Å². The lowest BCUT2D eigenvalue weighted by molar-refractivity contribution is 0.0492. The fraction of sp³-hybridized carbons (Fsp3) is 0.130. The third-order valence-corrected chi connectivity index (χ3v) is 6.25. The Balaban J connectivity index is 1.70. The van der Waals surface area contributed by atoms with Gasteiger partial charge in [0.1, 0.15) is 0 Å². The number of rotatable bonds is 8. The molecule has 0 bridgehead atoms. The minimum atomic E-state index is -3.81. The Morgan fingerprint density at radius 1 is 1.00 bits per heavy atom. The summed E-state index contributed by atoms with van der Waals surface area (Å²) >= 11 is 5.85. The zero-order valence-electron chi connectivity index (χ0n) is 16.4. The Bertz CT molecular complexity index is 1170. The van der Waals surface area contributed by atoms with E-state index >= 15 is 0 Å². The Morgan fingerprint density at radius 3 is 2.26 bits per heavy atom. The summed E-state index contributed by atoms with van der Waals surface area (Å²) in [5.41, 5.74) is 1.50. The lowest BCUT2D eigenvalue weighted by atomic mass is 10.1. The summed E-state index contributed by atoms with van der Waals surface area (Å²) in [6.07, 6.45) is 0.235. The normalized spacial score (nSPS) is 12.0. The summed E-state index contributed by atoms with van der Waals surface area (Å²) in [6.45, 7) is 0.00152. The van der Waals surface area contributed by atoms with Crippen molar-refractivity contribution in [3.05, 3.63) is 101 Å². The first kappa shape index (κ1) is 22.5. The highest BCUT2D eigenvalue weighted by Crippen LogP contribution is 2.22. The van der Waals surface area contributed by atoms with Gasteiger partial charge in [-0.1, -0.05) is 41.9 Å². The van der Waals surface area contributed by atoms with Gasteiger partial charge >= 0.3 is 5.97 Å². The van der Waals surface area contributed by atoms with Crippen LogP contribution < -0.4 is 4.72 Å². The van der Waals surface area contributed by atoms with Crippen LogP contribution in [-0.2, 0) is 14.8 Å². The molecule has 0 saturated heterocycles. The monoisotopic (exact) mass is 454 g/mol. The van der Waals surface area contributed by atoms with Crippen LogP contribution >= 0.6 is 11.6 Å². The molecule has 158 valence electrons.